The monoisotopic (exact) mass is 292 g/mol. The first-order chi connectivity index (χ1) is 9.40. The Hall–Kier alpha value is -2.14. The van der Waals surface area contributed by atoms with Gasteiger partial charge in [0, 0.05) is 10.6 Å². The van der Waals surface area contributed by atoms with Crippen LogP contribution in [0.15, 0.2) is 29.1 Å². The molecule has 0 saturated heterocycles. The highest BCUT2D eigenvalue weighted by molar-refractivity contribution is 6.30. The number of hydrogen-bond donors (Lipinski definition) is 2. The lowest BCUT2D eigenvalue weighted by molar-refractivity contribution is 0.0692. The average Bonchev–Trinajstić information content (AvgIpc) is 2.37. The van der Waals surface area contributed by atoms with E-state index in [0.717, 1.165) is 0 Å². The first kappa shape index (κ1) is 14.3. The number of carboxylic acid groups (broad SMARTS) is 1. The standard InChI is InChI=1S/C14H13ClN2O3/c1-7(2)11-10(14(19)20)13(18)17-12(16-11)8-3-5-9(15)6-4-8/h3-7H,1-2H3,(H,19,20)(H,16,17,18). The van der Waals surface area contributed by atoms with Gasteiger partial charge in [0.05, 0.1) is 5.69 Å². The van der Waals surface area contributed by atoms with E-state index >= 15 is 0 Å². The number of benzene rings is 1. The Labute approximate surface area is 120 Å². The average molecular weight is 293 g/mol. The molecule has 2 N–H and O–H groups in total. The highest BCUT2D eigenvalue weighted by atomic mass is 35.5. The third kappa shape index (κ3) is 2.72. The molecule has 0 aliphatic heterocycles. The van der Waals surface area contributed by atoms with Gasteiger partial charge in [-0.15, -0.1) is 0 Å². The van der Waals surface area contributed by atoms with Crippen LogP contribution in [0.5, 0.6) is 0 Å². The lowest BCUT2D eigenvalue weighted by Gasteiger charge is -2.10. The summed E-state index contributed by atoms with van der Waals surface area (Å²) in [5, 5.41) is 9.69. The summed E-state index contributed by atoms with van der Waals surface area (Å²) in [5.41, 5.74) is -0.0181. The van der Waals surface area contributed by atoms with Crippen molar-refractivity contribution in [2.75, 3.05) is 0 Å². The van der Waals surface area contributed by atoms with E-state index in [4.69, 9.17) is 16.7 Å². The van der Waals surface area contributed by atoms with Crippen LogP contribution in [0.2, 0.25) is 5.02 Å². The van der Waals surface area contributed by atoms with E-state index in [1.165, 1.54) is 0 Å². The smallest absolute Gasteiger partial charge is 0.343 e. The van der Waals surface area contributed by atoms with Gasteiger partial charge in [-0.05, 0) is 30.2 Å². The highest BCUT2D eigenvalue weighted by Crippen LogP contribution is 2.21. The Kier molecular flexibility index (Phi) is 3.90. The molecule has 0 unspecified atom stereocenters. The third-order valence-corrected chi connectivity index (χ3v) is 3.08. The zero-order chi connectivity index (χ0) is 14.9. The molecule has 0 saturated carbocycles. The Morgan fingerprint density at radius 3 is 2.40 bits per heavy atom. The Morgan fingerprint density at radius 1 is 1.30 bits per heavy atom. The number of H-pyrrole nitrogens is 1. The second-order valence-corrected chi connectivity index (χ2v) is 5.08. The Morgan fingerprint density at radius 2 is 1.90 bits per heavy atom. The molecule has 1 aromatic carbocycles. The summed E-state index contributed by atoms with van der Waals surface area (Å²) in [7, 11) is 0. The lowest BCUT2D eigenvalue weighted by atomic mass is 10.0. The van der Waals surface area contributed by atoms with Crippen LogP contribution in [-0.4, -0.2) is 21.0 Å². The van der Waals surface area contributed by atoms with Crippen molar-refractivity contribution < 1.29 is 9.90 Å². The summed E-state index contributed by atoms with van der Waals surface area (Å²) in [4.78, 5) is 29.9. The number of aromatic carboxylic acids is 1. The molecule has 0 bridgehead atoms. The number of hydrogen-bond acceptors (Lipinski definition) is 3. The first-order valence-electron chi connectivity index (χ1n) is 6.03. The van der Waals surface area contributed by atoms with Gasteiger partial charge in [0.15, 0.2) is 0 Å². The van der Waals surface area contributed by atoms with Crippen molar-refractivity contribution in [1.29, 1.82) is 0 Å². The molecule has 1 aromatic heterocycles. The van der Waals surface area contributed by atoms with Gasteiger partial charge in [-0.2, -0.15) is 0 Å². The van der Waals surface area contributed by atoms with Crippen LogP contribution in [0, 0.1) is 0 Å². The number of aromatic nitrogens is 2. The SMILES string of the molecule is CC(C)c1nc(-c2ccc(Cl)cc2)[nH]c(=O)c1C(=O)O. The van der Waals surface area contributed by atoms with Gasteiger partial charge < -0.3 is 10.1 Å². The van der Waals surface area contributed by atoms with Gasteiger partial charge in [-0.25, -0.2) is 9.78 Å². The van der Waals surface area contributed by atoms with Gasteiger partial charge >= 0.3 is 5.97 Å². The largest absolute Gasteiger partial charge is 0.477 e. The van der Waals surface area contributed by atoms with Crippen molar-refractivity contribution in [1.82, 2.24) is 9.97 Å². The van der Waals surface area contributed by atoms with E-state index < -0.39 is 11.5 Å². The fraction of sp³-hybridized carbons (Fsp3) is 0.214. The summed E-state index contributed by atoms with van der Waals surface area (Å²) in [6, 6.07) is 6.78. The molecule has 0 aliphatic rings. The Balaban J connectivity index is 2.66. The second-order valence-electron chi connectivity index (χ2n) is 4.64. The predicted molar refractivity (Wildman–Crippen MR) is 76.4 cm³/mol. The van der Waals surface area contributed by atoms with Crippen molar-refractivity contribution in [2.45, 2.75) is 19.8 Å². The number of nitrogens with zero attached hydrogens (tertiary/aromatic N) is 1. The molecule has 0 fully saturated rings. The normalized spacial score (nSPS) is 10.8. The molecule has 2 rings (SSSR count). The predicted octanol–water partition coefficient (Wildman–Crippen LogP) is 2.91. The summed E-state index contributed by atoms with van der Waals surface area (Å²) in [5.74, 6) is -1.11. The van der Waals surface area contributed by atoms with Crippen LogP contribution in [0.3, 0.4) is 0 Å². The molecule has 6 heteroatoms. The van der Waals surface area contributed by atoms with Crippen LogP contribution < -0.4 is 5.56 Å². The number of halogens is 1. The minimum absolute atomic E-state index is 0.172. The van der Waals surface area contributed by atoms with Gasteiger partial charge in [0.2, 0.25) is 0 Å². The van der Waals surface area contributed by atoms with Crippen LogP contribution in [-0.2, 0) is 0 Å². The molecule has 20 heavy (non-hydrogen) atoms. The maximum absolute atomic E-state index is 11.9. The fourth-order valence-electron chi connectivity index (χ4n) is 1.86. The van der Waals surface area contributed by atoms with E-state index in [1.807, 2.05) is 0 Å². The minimum atomic E-state index is -1.27. The lowest BCUT2D eigenvalue weighted by Crippen LogP contribution is -2.23. The molecular weight excluding hydrogens is 280 g/mol. The summed E-state index contributed by atoms with van der Waals surface area (Å²) in [6.07, 6.45) is 0. The molecule has 104 valence electrons. The highest BCUT2D eigenvalue weighted by Gasteiger charge is 2.20. The Bertz CT molecular complexity index is 705. The van der Waals surface area contributed by atoms with Crippen LogP contribution in [0.25, 0.3) is 11.4 Å². The van der Waals surface area contributed by atoms with Crippen molar-refractivity contribution in [3.05, 3.63) is 50.9 Å². The molecule has 0 spiro atoms. The van der Waals surface area contributed by atoms with Crippen LogP contribution in [0.1, 0.15) is 35.8 Å². The van der Waals surface area contributed by atoms with Gasteiger partial charge in [-0.1, -0.05) is 25.4 Å². The van der Waals surface area contributed by atoms with Gasteiger partial charge in [-0.3, -0.25) is 4.79 Å². The first-order valence-corrected chi connectivity index (χ1v) is 6.41. The van der Waals surface area contributed by atoms with Gasteiger partial charge in [0.25, 0.3) is 5.56 Å². The van der Waals surface area contributed by atoms with E-state index in [1.54, 1.807) is 38.1 Å². The van der Waals surface area contributed by atoms with Crippen LogP contribution in [0.4, 0.5) is 0 Å². The van der Waals surface area contributed by atoms with Crippen LogP contribution >= 0.6 is 11.6 Å². The molecule has 5 nitrogen and oxygen atoms in total. The van der Waals surface area contributed by atoms with Crippen molar-refractivity contribution >= 4 is 17.6 Å². The zero-order valence-electron chi connectivity index (χ0n) is 11.0. The summed E-state index contributed by atoms with van der Waals surface area (Å²) < 4.78 is 0. The molecule has 0 radical (unpaired) electrons. The molecule has 0 atom stereocenters. The number of nitrogens with one attached hydrogen (secondary N) is 1. The van der Waals surface area contributed by atoms with E-state index in [9.17, 15) is 9.59 Å². The topological polar surface area (TPSA) is 83.0 Å². The fourth-order valence-corrected chi connectivity index (χ4v) is 1.99. The summed E-state index contributed by atoms with van der Waals surface area (Å²) in [6.45, 7) is 3.58. The van der Waals surface area contributed by atoms with Crippen molar-refractivity contribution in [3.8, 4) is 11.4 Å². The van der Waals surface area contributed by atoms with Crippen molar-refractivity contribution in [3.63, 3.8) is 0 Å². The molecule has 0 amide bonds. The quantitative estimate of drug-likeness (QED) is 0.911. The number of rotatable bonds is 3. The zero-order valence-corrected chi connectivity index (χ0v) is 11.7. The van der Waals surface area contributed by atoms with E-state index in [0.29, 0.717) is 16.4 Å². The molecule has 1 heterocycles. The summed E-state index contributed by atoms with van der Waals surface area (Å²) >= 11 is 5.81. The molecular formula is C14H13ClN2O3. The maximum Gasteiger partial charge on any atom is 0.343 e. The number of aromatic amines is 1. The minimum Gasteiger partial charge on any atom is -0.477 e. The number of carbonyl (C=O) groups is 1. The molecule has 2 aromatic rings. The van der Waals surface area contributed by atoms with E-state index in [2.05, 4.69) is 9.97 Å². The third-order valence-electron chi connectivity index (χ3n) is 2.83. The number of carboxylic acids is 1. The van der Waals surface area contributed by atoms with E-state index in [-0.39, 0.29) is 17.2 Å². The van der Waals surface area contributed by atoms with Gasteiger partial charge in [0.1, 0.15) is 11.4 Å². The van der Waals surface area contributed by atoms with Crippen molar-refractivity contribution in [2.24, 2.45) is 0 Å². The molecule has 0 aliphatic carbocycles. The maximum atomic E-state index is 11.9. The second kappa shape index (κ2) is 5.46.